The first kappa shape index (κ1) is 22.8. The molecule has 0 aliphatic heterocycles. The smallest absolute Gasteiger partial charge is 0.243 e. The van der Waals surface area contributed by atoms with Crippen LogP contribution in [-0.4, -0.2) is 25.2 Å². The van der Waals surface area contributed by atoms with Crippen molar-refractivity contribution in [2.45, 2.75) is 11.4 Å². The normalized spacial score (nSPS) is 11.5. The number of nitrogens with zero attached hydrogens (tertiary/aromatic N) is 1. The minimum atomic E-state index is -3.99. The van der Waals surface area contributed by atoms with Crippen molar-refractivity contribution in [1.82, 2.24) is 4.31 Å². The lowest BCUT2D eigenvalue weighted by molar-refractivity contribution is -0.116. The van der Waals surface area contributed by atoms with E-state index in [2.05, 4.69) is 21.2 Å². The third kappa shape index (κ3) is 5.62. The summed E-state index contributed by atoms with van der Waals surface area (Å²) in [5.41, 5.74) is 1.13. The van der Waals surface area contributed by atoms with Gasteiger partial charge in [0.1, 0.15) is 0 Å². The Morgan fingerprint density at radius 1 is 0.933 bits per heavy atom. The van der Waals surface area contributed by atoms with Gasteiger partial charge < -0.3 is 5.32 Å². The lowest BCUT2D eigenvalue weighted by atomic mass is 10.2. The molecule has 0 unspecified atom stereocenters. The molecule has 0 saturated heterocycles. The summed E-state index contributed by atoms with van der Waals surface area (Å²) < 4.78 is 28.3. The monoisotopic (exact) mass is 526 g/mol. The molecular formula is C21H17BrCl2N2O3S. The van der Waals surface area contributed by atoms with E-state index in [-0.39, 0.29) is 11.4 Å². The summed E-state index contributed by atoms with van der Waals surface area (Å²) in [5.74, 6) is -0.480. The van der Waals surface area contributed by atoms with Gasteiger partial charge in [-0.15, -0.1) is 0 Å². The number of para-hydroxylation sites is 1. The van der Waals surface area contributed by atoms with Gasteiger partial charge in [0, 0.05) is 21.1 Å². The molecule has 1 N–H and O–H groups in total. The van der Waals surface area contributed by atoms with Crippen LogP contribution >= 0.6 is 39.1 Å². The maximum absolute atomic E-state index is 13.3. The molecule has 156 valence electrons. The van der Waals surface area contributed by atoms with Crippen molar-refractivity contribution in [2.24, 2.45) is 0 Å². The van der Waals surface area contributed by atoms with Crippen LogP contribution in [-0.2, 0) is 21.4 Å². The van der Waals surface area contributed by atoms with Gasteiger partial charge in [-0.1, -0.05) is 53.5 Å². The zero-order valence-corrected chi connectivity index (χ0v) is 19.5. The summed E-state index contributed by atoms with van der Waals surface area (Å²) in [6, 6.07) is 19.8. The lowest BCUT2D eigenvalue weighted by Gasteiger charge is -2.22. The van der Waals surface area contributed by atoms with Crippen LogP contribution in [0.1, 0.15) is 5.56 Å². The fourth-order valence-electron chi connectivity index (χ4n) is 2.71. The van der Waals surface area contributed by atoms with Gasteiger partial charge in [0.2, 0.25) is 15.9 Å². The number of benzene rings is 3. The second-order valence-electron chi connectivity index (χ2n) is 6.35. The topological polar surface area (TPSA) is 66.5 Å². The van der Waals surface area contributed by atoms with E-state index in [9.17, 15) is 13.2 Å². The third-order valence-electron chi connectivity index (χ3n) is 4.22. The van der Waals surface area contributed by atoms with E-state index in [1.165, 1.54) is 24.3 Å². The summed E-state index contributed by atoms with van der Waals surface area (Å²) in [7, 11) is -3.99. The number of amides is 1. The molecule has 0 spiro atoms. The van der Waals surface area contributed by atoms with E-state index < -0.39 is 22.5 Å². The summed E-state index contributed by atoms with van der Waals surface area (Å²) in [6.07, 6.45) is 0. The van der Waals surface area contributed by atoms with Crippen molar-refractivity contribution in [2.75, 3.05) is 11.9 Å². The van der Waals surface area contributed by atoms with Gasteiger partial charge in [0.15, 0.2) is 0 Å². The Bertz CT molecular complexity index is 1150. The molecule has 3 aromatic rings. The van der Waals surface area contributed by atoms with Crippen molar-refractivity contribution in [3.05, 3.63) is 92.9 Å². The molecule has 9 heteroatoms. The van der Waals surface area contributed by atoms with E-state index in [4.69, 9.17) is 23.2 Å². The Morgan fingerprint density at radius 2 is 1.57 bits per heavy atom. The van der Waals surface area contributed by atoms with Crippen LogP contribution in [0.3, 0.4) is 0 Å². The van der Waals surface area contributed by atoms with Crippen LogP contribution in [0.15, 0.2) is 82.2 Å². The van der Waals surface area contributed by atoms with Crippen molar-refractivity contribution < 1.29 is 13.2 Å². The predicted molar refractivity (Wildman–Crippen MR) is 123 cm³/mol. The van der Waals surface area contributed by atoms with E-state index in [1.54, 1.807) is 42.5 Å². The highest BCUT2D eigenvalue weighted by Crippen LogP contribution is 2.25. The molecule has 5 nitrogen and oxygen atoms in total. The Hall–Kier alpha value is -1.90. The van der Waals surface area contributed by atoms with Crippen LogP contribution in [0.2, 0.25) is 10.0 Å². The summed E-state index contributed by atoms with van der Waals surface area (Å²) in [6.45, 7) is -0.453. The molecule has 0 atom stereocenters. The molecule has 0 radical (unpaired) electrons. The van der Waals surface area contributed by atoms with Crippen molar-refractivity contribution in [1.29, 1.82) is 0 Å². The number of rotatable bonds is 7. The largest absolute Gasteiger partial charge is 0.324 e. The summed E-state index contributed by atoms with van der Waals surface area (Å²) >= 11 is 15.5. The van der Waals surface area contributed by atoms with Gasteiger partial charge in [-0.25, -0.2) is 8.42 Å². The van der Waals surface area contributed by atoms with E-state index in [0.717, 1.165) is 4.31 Å². The van der Waals surface area contributed by atoms with Crippen LogP contribution in [0.5, 0.6) is 0 Å². The number of hydrogen-bond acceptors (Lipinski definition) is 3. The standard InChI is InChI=1S/C21H17BrCl2N2O3S/c22-18-6-2-4-8-20(18)25-21(27)14-26(13-15-5-1-3-7-19(15)24)30(28,29)17-11-9-16(23)10-12-17/h1-12H,13-14H2,(H,25,27). The van der Waals surface area contributed by atoms with Crippen molar-refractivity contribution in [3.63, 3.8) is 0 Å². The zero-order chi connectivity index (χ0) is 21.7. The highest BCUT2D eigenvalue weighted by atomic mass is 79.9. The quantitative estimate of drug-likeness (QED) is 0.435. The SMILES string of the molecule is O=C(CN(Cc1ccccc1Cl)S(=O)(=O)c1ccc(Cl)cc1)Nc1ccccc1Br. The van der Waals surface area contributed by atoms with Crippen molar-refractivity contribution in [3.8, 4) is 0 Å². The Kier molecular flexibility index (Phi) is 7.55. The molecule has 0 aromatic heterocycles. The van der Waals surface area contributed by atoms with E-state index in [0.29, 0.717) is 25.8 Å². The average Bonchev–Trinajstić information content (AvgIpc) is 2.71. The number of hydrogen-bond donors (Lipinski definition) is 1. The van der Waals surface area contributed by atoms with E-state index >= 15 is 0 Å². The fraction of sp³-hybridized carbons (Fsp3) is 0.0952. The van der Waals surface area contributed by atoms with Gasteiger partial charge in [-0.3, -0.25) is 4.79 Å². The highest BCUT2D eigenvalue weighted by molar-refractivity contribution is 9.10. The van der Waals surface area contributed by atoms with Crippen LogP contribution in [0.25, 0.3) is 0 Å². The zero-order valence-electron chi connectivity index (χ0n) is 15.6. The number of carbonyl (C=O) groups is 1. The first-order valence-electron chi connectivity index (χ1n) is 8.81. The maximum atomic E-state index is 13.3. The van der Waals surface area contributed by atoms with Gasteiger partial charge in [0.05, 0.1) is 17.1 Å². The molecule has 0 fully saturated rings. The highest BCUT2D eigenvalue weighted by Gasteiger charge is 2.27. The number of sulfonamides is 1. The van der Waals surface area contributed by atoms with Gasteiger partial charge in [-0.05, 0) is 64.0 Å². The Labute approximate surface area is 193 Å². The molecule has 3 rings (SSSR count). The van der Waals surface area contributed by atoms with Crippen LogP contribution in [0, 0.1) is 0 Å². The first-order valence-corrected chi connectivity index (χ1v) is 11.8. The predicted octanol–water partition coefficient (Wildman–Crippen LogP) is 5.59. The Balaban J connectivity index is 1.91. The minimum Gasteiger partial charge on any atom is -0.324 e. The van der Waals surface area contributed by atoms with E-state index in [1.807, 2.05) is 6.07 Å². The molecule has 0 saturated carbocycles. The summed E-state index contributed by atoms with van der Waals surface area (Å²) in [4.78, 5) is 12.7. The van der Waals surface area contributed by atoms with Crippen LogP contribution < -0.4 is 5.32 Å². The minimum absolute atomic E-state index is 0.0349. The number of nitrogens with one attached hydrogen (secondary N) is 1. The molecule has 0 heterocycles. The molecule has 3 aromatic carbocycles. The number of halogens is 3. The van der Waals surface area contributed by atoms with Crippen molar-refractivity contribution >= 4 is 60.7 Å². The summed E-state index contributed by atoms with van der Waals surface area (Å²) in [5, 5.41) is 3.56. The molecule has 0 aliphatic rings. The first-order chi connectivity index (χ1) is 14.3. The van der Waals surface area contributed by atoms with Gasteiger partial charge >= 0.3 is 0 Å². The Morgan fingerprint density at radius 3 is 2.23 bits per heavy atom. The molecule has 30 heavy (non-hydrogen) atoms. The second-order valence-corrected chi connectivity index (χ2v) is 9.98. The lowest BCUT2D eigenvalue weighted by Crippen LogP contribution is -2.37. The molecule has 0 bridgehead atoms. The third-order valence-corrected chi connectivity index (χ3v) is 7.34. The molecule has 0 aliphatic carbocycles. The second kappa shape index (κ2) is 9.94. The van der Waals surface area contributed by atoms with Crippen LogP contribution in [0.4, 0.5) is 5.69 Å². The number of anilines is 1. The van der Waals surface area contributed by atoms with Gasteiger partial charge in [0.25, 0.3) is 0 Å². The average molecular weight is 528 g/mol. The van der Waals surface area contributed by atoms with Gasteiger partial charge in [-0.2, -0.15) is 4.31 Å². The number of carbonyl (C=O) groups excluding carboxylic acids is 1. The molecular weight excluding hydrogens is 511 g/mol. The maximum Gasteiger partial charge on any atom is 0.243 e. The fourth-order valence-corrected chi connectivity index (χ4v) is 4.79. The molecule has 1 amide bonds.